The average Bonchev–Trinajstić information content (AvgIpc) is 3.74. The molecule has 49 heavy (non-hydrogen) atoms. The Labute approximate surface area is 283 Å². The van der Waals surface area contributed by atoms with Gasteiger partial charge in [0, 0.05) is 38.2 Å². The summed E-state index contributed by atoms with van der Waals surface area (Å²) in [7, 11) is 0. The first-order chi connectivity index (χ1) is 24.0. The lowest BCUT2D eigenvalue weighted by molar-refractivity contribution is 0.395. The van der Waals surface area contributed by atoms with Gasteiger partial charge < -0.3 is 4.57 Å². The molecule has 0 saturated heterocycles. The van der Waals surface area contributed by atoms with Crippen LogP contribution in [0.3, 0.4) is 0 Å². The van der Waals surface area contributed by atoms with Gasteiger partial charge in [0.05, 0.1) is 27.8 Å². The molecular weight excluding hydrogens is 597 g/mol. The van der Waals surface area contributed by atoms with Crippen molar-refractivity contribution in [1.29, 1.82) is 0 Å². The van der Waals surface area contributed by atoms with Crippen molar-refractivity contribution in [3.63, 3.8) is 0 Å². The molecule has 0 spiro atoms. The van der Waals surface area contributed by atoms with E-state index in [-0.39, 0.29) is 16.9 Å². The van der Waals surface area contributed by atoms with Crippen molar-refractivity contribution >= 4 is 59.8 Å². The Hall–Kier alpha value is -5.93. The first-order valence-corrected chi connectivity index (χ1v) is 17.2. The molecule has 0 saturated carbocycles. The minimum atomic E-state index is -0.109. The Bertz CT molecular complexity index is 2950. The minimum Gasteiger partial charge on any atom is -0.309 e. The van der Waals surface area contributed by atoms with Crippen molar-refractivity contribution in [2.24, 2.45) is 5.92 Å². The zero-order valence-electron chi connectivity index (χ0n) is 27.3. The highest BCUT2D eigenvalue weighted by molar-refractivity contribution is 6.20. The van der Waals surface area contributed by atoms with Gasteiger partial charge in [0.2, 0.25) is 0 Å². The van der Waals surface area contributed by atoms with Crippen molar-refractivity contribution in [1.82, 2.24) is 8.97 Å². The van der Waals surface area contributed by atoms with E-state index in [1.54, 1.807) is 0 Å². The number of aromatic nitrogens is 2. The molecule has 2 atom stereocenters. The van der Waals surface area contributed by atoms with Gasteiger partial charge in [-0.05, 0) is 75.4 Å². The van der Waals surface area contributed by atoms with Crippen LogP contribution in [0.4, 0.5) is 0 Å². The molecule has 0 fully saturated rings. The molecule has 0 aliphatic heterocycles. The van der Waals surface area contributed by atoms with Crippen molar-refractivity contribution in [3.8, 4) is 16.8 Å². The maximum atomic E-state index is 14.0. The van der Waals surface area contributed by atoms with Crippen LogP contribution in [0.25, 0.3) is 76.6 Å². The zero-order valence-corrected chi connectivity index (χ0v) is 27.3. The summed E-state index contributed by atoms with van der Waals surface area (Å²) in [5.41, 5.74) is 10.9. The van der Waals surface area contributed by atoms with Crippen molar-refractivity contribution in [2.45, 2.75) is 25.2 Å². The number of rotatable bonds is 2. The number of fused-ring (bicyclic) bond motifs is 11. The second-order valence-corrected chi connectivity index (χ2v) is 14.5. The van der Waals surface area contributed by atoms with Crippen LogP contribution < -0.4 is 5.56 Å². The molecule has 3 heteroatoms. The third-order valence-corrected chi connectivity index (χ3v) is 11.7. The Morgan fingerprint density at radius 1 is 0.571 bits per heavy atom. The van der Waals surface area contributed by atoms with E-state index in [0.717, 1.165) is 38.0 Å². The Morgan fingerprint density at radius 3 is 1.96 bits per heavy atom. The highest BCUT2D eigenvalue weighted by Gasteiger charge is 2.47. The highest BCUT2D eigenvalue weighted by atomic mass is 16.1. The fourth-order valence-corrected chi connectivity index (χ4v) is 9.69. The minimum absolute atomic E-state index is 0.0438. The summed E-state index contributed by atoms with van der Waals surface area (Å²) in [6.07, 6.45) is 9.28. The molecule has 2 aliphatic rings. The molecule has 11 rings (SSSR count). The molecule has 2 unspecified atom stereocenters. The van der Waals surface area contributed by atoms with Gasteiger partial charge in [0.25, 0.3) is 5.56 Å². The fraction of sp³-hybridized carbons (Fsp3) is 0.109. The molecule has 2 aliphatic carbocycles. The Morgan fingerprint density at radius 2 is 1.20 bits per heavy atom. The number of para-hydroxylation sites is 3. The number of benzene rings is 6. The Balaban J connectivity index is 1.23. The maximum Gasteiger partial charge on any atom is 0.263 e. The number of nitrogens with zero attached hydrogens (tertiary/aromatic N) is 2. The number of pyridine rings is 1. The van der Waals surface area contributed by atoms with E-state index in [2.05, 4.69) is 146 Å². The topological polar surface area (TPSA) is 26.4 Å². The molecule has 0 radical (unpaired) electrons. The van der Waals surface area contributed by atoms with Crippen LogP contribution in [-0.2, 0) is 5.41 Å². The summed E-state index contributed by atoms with van der Waals surface area (Å²) in [4.78, 5) is 14.0. The largest absolute Gasteiger partial charge is 0.309 e. The van der Waals surface area contributed by atoms with Gasteiger partial charge in [-0.1, -0.05) is 123 Å². The molecule has 3 aromatic heterocycles. The van der Waals surface area contributed by atoms with E-state index < -0.39 is 0 Å². The highest BCUT2D eigenvalue weighted by Crippen LogP contribution is 2.58. The summed E-state index contributed by atoms with van der Waals surface area (Å²) >= 11 is 0. The predicted octanol–water partition coefficient (Wildman–Crippen LogP) is 11.1. The summed E-state index contributed by atoms with van der Waals surface area (Å²) in [5, 5.41) is 7.67. The van der Waals surface area contributed by atoms with Crippen LogP contribution in [0.15, 0.2) is 150 Å². The number of hydrogen-bond acceptors (Lipinski definition) is 1. The summed E-state index contributed by atoms with van der Waals surface area (Å²) in [5.74, 6) is 0.613. The lowest BCUT2D eigenvalue weighted by Crippen LogP contribution is -2.25. The van der Waals surface area contributed by atoms with Gasteiger partial charge in [-0.2, -0.15) is 0 Å². The van der Waals surface area contributed by atoms with Gasteiger partial charge in [-0.15, -0.1) is 0 Å². The molecule has 3 heterocycles. The molecule has 9 aromatic rings. The fourth-order valence-electron chi connectivity index (χ4n) is 9.69. The number of hydrogen-bond donors (Lipinski definition) is 0. The predicted molar refractivity (Wildman–Crippen MR) is 205 cm³/mol. The van der Waals surface area contributed by atoms with E-state index in [0.29, 0.717) is 5.92 Å². The zero-order chi connectivity index (χ0) is 32.6. The van der Waals surface area contributed by atoms with Crippen LogP contribution in [0.2, 0.25) is 0 Å². The summed E-state index contributed by atoms with van der Waals surface area (Å²) in [6, 6.07) is 43.5. The van der Waals surface area contributed by atoms with E-state index in [4.69, 9.17) is 0 Å². The lowest BCUT2D eigenvalue weighted by Gasteiger charge is -2.30. The first-order valence-electron chi connectivity index (χ1n) is 17.2. The normalized spacial score (nSPS) is 18.1. The first kappa shape index (κ1) is 27.1. The van der Waals surface area contributed by atoms with Crippen LogP contribution in [0, 0.1) is 5.92 Å². The maximum absolute atomic E-state index is 14.0. The van der Waals surface area contributed by atoms with Crippen molar-refractivity contribution in [2.75, 3.05) is 0 Å². The molecule has 3 nitrogen and oxygen atoms in total. The summed E-state index contributed by atoms with van der Waals surface area (Å²) in [6.45, 7) is 4.85. The van der Waals surface area contributed by atoms with Gasteiger partial charge in [-0.3, -0.25) is 9.20 Å². The molecular formula is C46H32N2O. The quantitative estimate of drug-likeness (QED) is 0.175. The van der Waals surface area contributed by atoms with Crippen molar-refractivity contribution in [3.05, 3.63) is 167 Å². The van der Waals surface area contributed by atoms with Crippen LogP contribution in [0.5, 0.6) is 0 Å². The monoisotopic (exact) mass is 628 g/mol. The third kappa shape index (κ3) is 3.35. The smallest absolute Gasteiger partial charge is 0.263 e. The lowest BCUT2D eigenvalue weighted by atomic mass is 9.73. The van der Waals surface area contributed by atoms with Crippen molar-refractivity contribution < 1.29 is 0 Å². The van der Waals surface area contributed by atoms with Gasteiger partial charge in [0.1, 0.15) is 0 Å². The standard InChI is InChI=1S/C46H32N2O/c1-46(2)37-19-8-5-16-35(37)42-41(47-38-20-9-6-13-30(38)31-14-7-10-21-39(31)47)25-23-28(43(42)46)27-22-24-40-36(26-27)33-18-11-17-32-29-12-3-4-15-34(29)45(49)48(40)44(32)33/h3-26,35,37H,1-2H3. The molecule has 0 bridgehead atoms. The Kier molecular flexibility index (Phi) is 5.17. The van der Waals surface area contributed by atoms with Gasteiger partial charge in [0.15, 0.2) is 0 Å². The van der Waals surface area contributed by atoms with E-state index in [9.17, 15) is 4.79 Å². The van der Waals surface area contributed by atoms with Gasteiger partial charge in [-0.25, -0.2) is 0 Å². The van der Waals surface area contributed by atoms with Crippen LogP contribution >= 0.6 is 0 Å². The molecule has 0 amide bonds. The molecule has 6 aromatic carbocycles. The second kappa shape index (κ2) is 9.36. The van der Waals surface area contributed by atoms with Crippen LogP contribution in [-0.4, -0.2) is 8.97 Å². The average molecular weight is 629 g/mol. The van der Waals surface area contributed by atoms with Gasteiger partial charge >= 0.3 is 0 Å². The molecule has 0 N–H and O–H groups in total. The van der Waals surface area contributed by atoms with E-state index >= 15 is 0 Å². The third-order valence-electron chi connectivity index (χ3n) is 11.7. The van der Waals surface area contributed by atoms with Crippen LogP contribution in [0.1, 0.15) is 30.9 Å². The van der Waals surface area contributed by atoms with E-state index in [1.165, 1.54) is 49.7 Å². The SMILES string of the molecule is CC1(C)c2c(-c3ccc4c(c3)c3cccc5c6ccccc6c(=O)n4c53)ccc(-n3c4ccccc4c4ccccc43)c2C2C=CC=CC21. The second-order valence-electron chi connectivity index (χ2n) is 14.5. The summed E-state index contributed by atoms with van der Waals surface area (Å²) < 4.78 is 4.44. The van der Waals surface area contributed by atoms with E-state index in [1.807, 2.05) is 22.6 Å². The number of allylic oxidation sites excluding steroid dienone is 4. The molecule has 232 valence electrons.